The summed E-state index contributed by atoms with van der Waals surface area (Å²) in [7, 11) is 0. The Morgan fingerprint density at radius 1 is 0.647 bits per heavy atom. The average Bonchev–Trinajstić information content (AvgIpc) is 2.85. The molecule has 3 rings (SSSR count). The Morgan fingerprint density at radius 2 is 1.00 bits per heavy atom. The largest absolute Gasteiger partial charge is 0.324 e. The zero-order valence-corrected chi connectivity index (χ0v) is 20.2. The van der Waals surface area contributed by atoms with Gasteiger partial charge in [-0.15, -0.1) is 0 Å². The van der Waals surface area contributed by atoms with Gasteiger partial charge in [-0.2, -0.15) is 0 Å². The number of amides is 2. The van der Waals surface area contributed by atoms with E-state index in [1.54, 1.807) is 36.4 Å². The highest BCUT2D eigenvalue weighted by atomic mass is 16.2. The van der Waals surface area contributed by atoms with Crippen molar-refractivity contribution in [1.29, 1.82) is 0 Å². The summed E-state index contributed by atoms with van der Waals surface area (Å²) in [4.78, 5) is 56.2. The minimum absolute atomic E-state index is 0.109. The number of benzene rings is 2. The number of nitrogens with one attached hydrogen (secondary N) is 2. The van der Waals surface area contributed by atoms with Gasteiger partial charge in [0, 0.05) is 11.1 Å². The minimum atomic E-state index is -0.358. The van der Waals surface area contributed by atoms with Crippen molar-refractivity contribution in [3.8, 4) is 0 Å². The van der Waals surface area contributed by atoms with E-state index in [-0.39, 0.29) is 70.1 Å². The molecule has 0 spiro atoms. The van der Waals surface area contributed by atoms with Crippen LogP contribution in [0, 0.1) is 0 Å². The van der Waals surface area contributed by atoms with E-state index in [2.05, 4.69) is 10.6 Å². The third kappa shape index (κ3) is 5.24. The van der Waals surface area contributed by atoms with Crippen molar-refractivity contribution in [2.75, 3.05) is 49.9 Å². The van der Waals surface area contributed by atoms with Crippen molar-refractivity contribution < 1.29 is 19.2 Å². The second-order valence-electron chi connectivity index (χ2n) is 8.13. The molecular formula is C26H32N4O4. The summed E-state index contributed by atoms with van der Waals surface area (Å²) in [5.74, 6) is -1.27. The lowest BCUT2D eigenvalue weighted by Gasteiger charge is -2.24. The molecule has 0 saturated carbocycles. The number of ketones is 2. The second kappa shape index (κ2) is 11.2. The summed E-state index contributed by atoms with van der Waals surface area (Å²) in [6, 6.07) is 9.75. The van der Waals surface area contributed by atoms with E-state index in [0.29, 0.717) is 26.2 Å². The van der Waals surface area contributed by atoms with Gasteiger partial charge in [-0.25, -0.2) is 0 Å². The maximum atomic E-state index is 13.5. The molecule has 2 amide bonds. The van der Waals surface area contributed by atoms with Gasteiger partial charge >= 0.3 is 0 Å². The Morgan fingerprint density at radius 3 is 1.32 bits per heavy atom. The average molecular weight is 465 g/mol. The van der Waals surface area contributed by atoms with Crippen LogP contribution in [0.5, 0.6) is 0 Å². The molecule has 1 aliphatic rings. The van der Waals surface area contributed by atoms with Gasteiger partial charge in [0.1, 0.15) is 0 Å². The monoisotopic (exact) mass is 464 g/mol. The molecule has 180 valence electrons. The molecule has 2 N–H and O–H groups in total. The number of nitrogens with zero attached hydrogens (tertiary/aromatic N) is 2. The predicted octanol–water partition coefficient (Wildman–Crippen LogP) is 3.02. The van der Waals surface area contributed by atoms with Crippen molar-refractivity contribution in [3.63, 3.8) is 0 Å². The number of likely N-dealkylation sites (N-methyl/N-ethyl adjacent to an activating group) is 2. The number of carbonyl (C=O) groups is 4. The van der Waals surface area contributed by atoms with Gasteiger partial charge in [0.25, 0.3) is 0 Å². The van der Waals surface area contributed by atoms with Crippen LogP contribution in [-0.2, 0) is 9.59 Å². The molecule has 34 heavy (non-hydrogen) atoms. The SMILES string of the molecule is CCN(CC)CC(=O)Nc1ccc(NC(=O)CN(CC)CC)c2c1C(=O)c1ccccc1C2=O. The highest BCUT2D eigenvalue weighted by Crippen LogP contribution is 2.36. The molecule has 0 aromatic heterocycles. The fourth-order valence-corrected chi connectivity index (χ4v) is 4.11. The number of hydrogen-bond donors (Lipinski definition) is 2. The molecular weight excluding hydrogens is 432 g/mol. The highest BCUT2D eigenvalue weighted by Gasteiger charge is 2.34. The summed E-state index contributed by atoms with van der Waals surface area (Å²) in [5, 5.41) is 5.61. The van der Waals surface area contributed by atoms with Crippen LogP contribution in [0.2, 0.25) is 0 Å². The van der Waals surface area contributed by atoms with Crippen LogP contribution >= 0.6 is 0 Å². The van der Waals surface area contributed by atoms with Gasteiger partial charge in [0.2, 0.25) is 11.8 Å². The fraction of sp³-hybridized carbons (Fsp3) is 0.385. The summed E-state index contributed by atoms with van der Waals surface area (Å²) in [6.07, 6.45) is 0. The third-order valence-electron chi connectivity index (χ3n) is 6.15. The molecule has 0 fully saturated rings. The Labute approximate surface area is 200 Å². The van der Waals surface area contributed by atoms with E-state index in [9.17, 15) is 19.2 Å². The maximum absolute atomic E-state index is 13.5. The van der Waals surface area contributed by atoms with Crippen molar-refractivity contribution in [3.05, 3.63) is 58.7 Å². The zero-order valence-electron chi connectivity index (χ0n) is 20.2. The maximum Gasteiger partial charge on any atom is 0.238 e. The first kappa shape index (κ1) is 25.3. The van der Waals surface area contributed by atoms with Gasteiger partial charge in [-0.3, -0.25) is 29.0 Å². The van der Waals surface area contributed by atoms with Crippen molar-refractivity contribution >= 4 is 34.8 Å². The van der Waals surface area contributed by atoms with Crippen LogP contribution in [0.4, 0.5) is 11.4 Å². The van der Waals surface area contributed by atoms with E-state index < -0.39 is 0 Å². The number of carbonyl (C=O) groups excluding carboxylic acids is 4. The molecule has 2 aromatic rings. The van der Waals surface area contributed by atoms with Crippen LogP contribution in [0.15, 0.2) is 36.4 Å². The summed E-state index contributed by atoms with van der Waals surface area (Å²) < 4.78 is 0. The number of anilines is 2. The molecule has 0 unspecified atom stereocenters. The van der Waals surface area contributed by atoms with E-state index in [1.807, 2.05) is 37.5 Å². The van der Waals surface area contributed by atoms with Crippen LogP contribution in [0.3, 0.4) is 0 Å². The fourth-order valence-electron chi connectivity index (χ4n) is 4.11. The Bertz CT molecular complexity index is 1020. The lowest BCUT2D eigenvalue weighted by atomic mass is 9.82. The Balaban J connectivity index is 2.02. The zero-order chi connectivity index (χ0) is 24.8. The first-order valence-electron chi connectivity index (χ1n) is 11.7. The molecule has 0 aliphatic heterocycles. The lowest BCUT2D eigenvalue weighted by Crippen LogP contribution is -2.34. The van der Waals surface area contributed by atoms with Crippen LogP contribution in [0.25, 0.3) is 0 Å². The van der Waals surface area contributed by atoms with E-state index in [4.69, 9.17) is 0 Å². The lowest BCUT2D eigenvalue weighted by molar-refractivity contribution is -0.118. The normalized spacial score (nSPS) is 12.5. The third-order valence-corrected chi connectivity index (χ3v) is 6.15. The van der Waals surface area contributed by atoms with Gasteiger partial charge in [0.05, 0.1) is 35.6 Å². The summed E-state index contributed by atoms with van der Waals surface area (Å²) in [5.41, 5.74) is 1.31. The summed E-state index contributed by atoms with van der Waals surface area (Å²) in [6.45, 7) is 11.1. The van der Waals surface area contributed by atoms with Gasteiger partial charge in [-0.05, 0) is 38.3 Å². The van der Waals surface area contributed by atoms with Gasteiger partial charge in [-0.1, -0.05) is 52.0 Å². The molecule has 0 heterocycles. The molecule has 2 aromatic carbocycles. The van der Waals surface area contributed by atoms with Crippen LogP contribution < -0.4 is 10.6 Å². The van der Waals surface area contributed by atoms with Gasteiger partial charge < -0.3 is 10.6 Å². The second-order valence-corrected chi connectivity index (χ2v) is 8.13. The topological polar surface area (TPSA) is 98.8 Å². The molecule has 0 atom stereocenters. The van der Waals surface area contributed by atoms with Crippen molar-refractivity contribution in [1.82, 2.24) is 9.80 Å². The number of rotatable bonds is 10. The van der Waals surface area contributed by atoms with E-state index in [1.165, 1.54) is 0 Å². The molecule has 0 saturated heterocycles. The van der Waals surface area contributed by atoms with E-state index in [0.717, 1.165) is 0 Å². The quantitative estimate of drug-likeness (QED) is 0.479. The molecule has 8 nitrogen and oxygen atoms in total. The van der Waals surface area contributed by atoms with Gasteiger partial charge in [0.15, 0.2) is 11.6 Å². The molecule has 0 radical (unpaired) electrons. The molecule has 8 heteroatoms. The first-order chi connectivity index (χ1) is 16.3. The Kier molecular flexibility index (Phi) is 8.31. The number of fused-ring (bicyclic) bond motifs is 2. The van der Waals surface area contributed by atoms with Crippen molar-refractivity contribution in [2.45, 2.75) is 27.7 Å². The van der Waals surface area contributed by atoms with Crippen LogP contribution in [0.1, 0.15) is 59.5 Å². The predicted molar refractivity (Wildman–Crippen MR) is 133 cm³/mol. The smallest absolute Gasteiger partial charge is 0.238 e. The van der Waals surface area contributed by atoms with Crippen LogP contribution in [-0.4, -0.2) is 72.4 Å². The standard InChI is InChI=1S/C26H32N4O4/c1-5-29(6-2)15-21(31)27-19-13-14-20(28-22(32)16-30(7-3)8-4)24-23(19)25(33)17-11-9-10-12-18(17)26(24)34/h9-14H,5-8,15-16H2,1-4H3,(H,27,31)(H,28,32). The molecule has 1 aliphatic carbocycles. The first-order valence-corrected chi connectivity index (χ1v) is 11.7. The molecule has 0 bridgehead atoms. The van der Waals surface area contributed by atoms with Crippen molar-refractivity contribution in [2.24, 2.45) is 0 Å². The Hall–Kier alpha value is -3.36. The summed E-state index contributed by atoms with van der Waals surface area (Å²) >= 11 is 0. The van der Waals surface area contributed by atoms with E-state index >= 15 is 0 Å². The number of hydrogen-bond acceptors (Lipinski definition) is 6. The highest BCUT2D eigenvalue weighted by molar-refractivity contribution is 6.32. The minimum Gasteiger partial charge on any atom is -0.324 e.